The molecule has 0 bridgehead atoms. The van der Waals surface area contributed by atoms with Crippen LogP contribution < -0.4 is 14.9 Å². The molecular weight excluding hydrogens is 418 g/mol. The summed E-state index contributed by atoms with van der Waals surface area (Å²) in [6.45, 7) is 0.802. The van der Waals surface area contributed by atoms with Crippen LogP contribution in [0, 0.1) is 10.1 Å². The molecule has 0 aromatic heterocycles. The smallest absolute Gasteiger partial charge is 0.269 e. The van der Waals surface area contributed by atoms with Gasteiger partial charge in [0.05, 0.1) is 24.8 Å². The summed E-state index contributed by atoms with van der Waals surface area (Å²) >= 11 is 0. The van der Waals surface area contributed by atoms with Gasteiger partial charge in [0.15, 0.2) is 0 Å². The lowest BCUT2D eigenvalue weighted by Crippen LogP contribution is -2.07. The van der Waals surface area contributed by atoms with Crippen LogP contribution in [0.4, 0.5) is 5.69 Å². The van der Waals surface area contributed by atoms with Gasteiger partial charge in [-0.15, -0.1) is 0 Å². The summed E-state index contributed by atoms with van der Waals surface area (Å²) in [4.78, 5) is 10.4. The summed E-state index contributed by atoms with van der Waals surface area (Å²) in [7, 11) is 1.65. The van der Waals surface area contributed by atoms with Gasteiger partial charge in [0.1, 0.15) is 18.1 Å². The summed E-state index contributed by atoms with van der Waals surface area (Å²) < 4.78 is 11.5. The van der Waals surface area contributed by atoms with Crippen molar-refractivity contribution in [3.05, 3.63) is 112 Å². The predicted molar refractivity (Wildman–Crippen MR) is 129 cm³/mol. The molecule has 0 amide bonds. The lowest BCUT2D eigenvalue weighted by atomic mass is 10.0. The molecule has 1 N–H and O–H groups in total. The van der Waals surface area contributed by atoms with Crippen LogP contribution in [-0.4, -0.2) is 18.2 Å². The highest BCUT2D eigenvalue weighted by Gasteiger charge is 2.09. The van der Waals surface area contributed by atoms with Gasteiger partial charge in [-0.2, -0.15) is 5.10 Å². The molecule has 0 fully saturated rings. The van der Waals surface area contributed by atoms with E-state index in [9.17, 15) is 10.1 Å². The van der Waals surface area contributed by atoms with E-state index in [-0.39, 0.29) is 12.3 Å². The second kappa shape index (κ2) is 10.3. The fourth-order valence-electron chi connectivity index (χ4n) is 3.50. The topological polar surface area (TPSA) is 86.0 Å². The minimum atomic E-state index is -0.416. The number of hydrogen-bond donors (Lipinski definition) is 1. The molecule has 4 aromatic rings. The molecule has 0 aliphatic carbocycles. The average molecular weight is 441 g/mol. The molecule has 0 saturated heterocycles. The number of nitro groups is 1. The Kier molecular flexibility index (Phi) is 6.80. The van der Waals surface area contributed by atoms with Crippen LogP contribution >= 0.6 is 0 Å². The number of nitrogens with one attached hydrogen (secondary N) is 1. The largest absolute Gasteiger partial charge is 0.496 e. The predicted octanol–water partition coefficient (Wildman–Crippen LogP) is 5.46. The van der Waals surface area contributed by atoms with Gasteiger partial charge in [-0.1, -0.05) is 48.5 Å². The number of nitrogens with zero attached hydrogens (tertiary/aromatic N) is 2. The van der Waals surface area contributed by atoms with Crippen molar-refractivity contribution in [1.29, 1.82) is 0 Å². The monoisotopic (exact) mass is 441 g/mol. The number of fused-ring (bicyclic) bond motifs is 1. The van der Waals surface area contributed by atoms with Crippen molar-refractivity contribution in [2.24, 2.45) is 5.10 Å². The molecule has 4 aromatic carbocycles. The van der Waals surface area contributed by atoms with Crippen molar-refractivity contribution >= 4 is 22.7 Å². The Morgan fingerprint density at radius 3 is 2.48 bits per heavy atom. The summed E-state index contributed by atoms with van der Waals surface area (Å²) in [5.41, 5.74) is 5.82. The zero-order valence-corrected chi connectivity index (χ0v) is 18.1. The third kappa shape index (κ3) is 5.27. The average Bonchev–Trinajstić information content (AvgIpc) is 2.86. The maximum Gasteiger partial charge on any atom is 0.269 e. The second-order valence-corrected chi connectivity index (χ2v) is 7.32. The van der Waals surface area contributed by atoms with Gasteiger partial charge in [-0.05, 0) is 40.6 Å². The van der Waals surface area contributed by atoms with Crippen LogP contribution in [0.1, 0.15) is 16.7 Å². The highest BCUT2D eigenvalue weighted by molar-refractivity contribution is 6.02. The number of non-ortho nitro benzene ring substituents is 1. The van der Waals surface area contributed by atoms with Crippen molar-refractivity contribution in [3.8, 4) is 11.5 Å². The minimum absolute atomic E-state index is 0.0541. The van der Waals surface area contributed by atoms with E-state index in [0.29, 0.717) is 12.3 Å². The number of methoxy groups -OCH3 is 1. The summed E-state index contributed by atoms with van der Waals surface area (Å²) in [6, 6.07) is 26.1. The molecule has 0 radical (unpaired) electrons. The van der Waals surface area contributed by atoms with Crippen LogP contribution in [0.2, 0.25) is 0 Å². The molecule has 7 heteroatoms. The maximum atomic E-state index is 10.9. The number of benzene rings is 4. The number of hydrazone groups is 1. The van der Waals surface area contributed by atoms with Gasteiger partial charge in [0, 0.05) is 23.3 Å². The molecule has 166 valence electrons. The van der Waals surface area contributed by atoms with E-state index in [1.165, 1.54) is 12.1 Å². The van der Waals surface area contributed by atoms with Gasteiger partial charge in [0.25, 0.3) is 5.69 Å². The Balaban J connectivity index is 1.53. The third-order valence-electron chi connectivity index (χ3n) is 5.22. The van der Waals surface area contributed by atoms with E-state index < -0.39 is 4.92 Å². The number of hydrogen-bond acceptors (Lipinski definition) is 6. The summed E-state index contributed by atoms with van der Waals surface area (Å²) in [5.74, 6) is 1.48. The SMILES string of the molecule is COc1ccccc1CN/N=C/c1c(OCc2ccc([N+](=O)[O-])cc2)ccc2ccccc12. The molecule has 0 aliphatic rings. The van der Waals surface area contributed by atoms with Crippen LogP contribution in [0.3, 0.4) is 0 Å². The molecule has 0 heterocycles. The fourth-order valence-corrected chi connectivity index (χ4v) is 3.50. The molecule has 0 unspecified atom stereocenters. The summed E-state index contributed by atoms with van der Waals surface area (Å²) in [6.07, 6.45) is 1.75. The first-order valence-electron chi connectivity index (χ1n) is 10.4. The van der Waals surface area contributed by atoms with Gasteiger partial charge in [0.2, 0.25) is 0 Å². The third-order valence-corrected chi connectivity index (χ3v) is 5.22. The standard InChI is InChI=1S/C26H23N3O4/c1-32-25-9-5-3-7-21(25)16-27-28-17-24-23-8-4-2-6-20(23)12-15-26(24)33-18-19-10-13-22(14-11-19)29(30)31/h2-15,17,27H,16,18H2,1H3/b28-17+. The Morgan fingerprint density at radius 2 is 1.70 bits per heavy atom. The number of para-hydroxylation sites is 1. The Hall–Kier alpha value is -4.39. The van der Waals surface area contributed by atoms with Crippen molar-refractivity contribution in [2.75, 3.05) is 7.11 Å². The Bertz CT molecular complexity index is 1290. The van der Waals surface area contributed by atoms with E-state index in [4.69, 9.17) is 9.47 Å². The quantitative estimate of drug-likeness (QED) is 0.212. The van der Waals surface area contributed by atoms with E-state index in [0.717, 1.165) is 33.2 Å². The Morgan fingerprint density at radius 1 is 0.939 bits per heavy atom. The molecule has 0 aliphatic heterocycles. The molecule has 33 heavy (non-hydrogen) atoms. The number of nitro benzene ring substituents is 1. The van der Waals surface area contributed by atoms with Crippen LogP contribution in [0.15, 0.2) is 90.0 Å². The normalized spacial score (nSPS) is 10.9. The van der Waals surface area contributed by atoms with Gasteiger partial charge in [-0.25, -0.2) is 0 Å². The van der Waals surface area contributed by atoms with Crippen LogP contribution in [0.25, 0.3) is 10.8 Å². The molecule has 0 atom stereocenters. The van der Waals surface area contributed by atoms with Crippen molar-refractivity contribution in [2.45, 2.75) is 13.2 Å². The number of ether oxygens (including phenoxy) is 2. The van der Waals surface area contributed by atoms with Gasteiger partial charge >= 0.3 is 0 Å². The molecule has 4 rings (SSSR count). The highest BCUT2D eigenvalue weighted by Crippen LogP contribution is 2.27. The first-order valence-corrected chi connectivity index (χ1v) is 10.4. The van der Waals surface area contributed by atoms with Crippen molar-refractivity contribution in [3.63, 3.8) is 0 Å². The van der Waals surface area contributed by atoms with Crippen molar-refractivity contribution in [1.82, 2.24) is 5.43 Å². The lowest BCUT2D eigenvalue weighted by Gasteiger charge is -2.12. The zero-order chi connectivity index (χ0) is 23.0. The van der Waals surface area contributed by atoms with Crippen molar-refractivity contribution < 1.29 is 14.4 Å². The van der Waals surface area contributed by atoms with E-state index in [2.05, 4.69) is 10.5 Å². The lowest BCUT2D eigenvalue weighted by molar-refractivity contribution is -0.384. The van der Waals surface area contributed by atoms with E-state index >= 15 is 0 Å². The molecular formula is C26H23N3O4. The zero-order valence-electron chi connectivity index (χ0n) is 18.1. The first-order chi connectivity index (χ1) is 16.2. The fraction of sp³-hybridized carbons (Fsp3) is 0.115. The molecule has 7 nitrogen and oxygen atoms in total. The highest BCUT2D eigenvalue weighted by atomic mass is 16.6. The number of rotatable bonds is 9. The Labute approximate surface area is 191 Å². The van der Waals surface area contributed by atoms with Gasteiger partial charge < -0.3 is 14.9 Å². The van der Waals surface area contributed by atoms with E-state index in [1.54, 1.807) is 25.5 Å². The van der Waals surface area contributed by atoms with Gasteiger partial charge in [-0.3, -0.25) is 10.1 Å². The summed E-state index contributed by atoms with van der Waals surface area (Å²) in [5, 5.41) is 17.4. The van der Waals surface area contributed by atoms with Crippen LogP contribution in [-0.2, 0) is 13.2 Å². The van der Waals surface area contributed by atoms with Crippen LogP contribution in [0.5, 0.6) is 11.5 Å². The molecule has 0 saturated carbocycles. The maximum absolute atomic E-state index is 10.9. The van der Waals surface area contributed by atoms with E-state index in [1.807, 2.05) is 60.7 Å². The first kappa shape index (κ1) is 21.8. The molecule has 0 spiro atoms. The second-order valence-electron chi connectivity index (χ2n) is 7.32. The minimum Gasteiger partial charge on any atom is -0.496 e.